The molecule has 5 heteroatoms. The molecule has 1 aromatic rings. The van der Waals surface area contributed by atoms with E-state index in [1.54, 1.807) is 20.4 Å². The molecular formula is C13H19N3O2. The minimum absolute atomic E-state index is 0.0614. The van der Waals surface area contributed by atoms with Gasteiger partial charge < -0.3 is 15.2 Å². The molecule has 2 fully saturated rings. The molecule has 0 aliphatic heterocycles. The van der Waals surface area contributed by atoms with Gasteiger partial charge in [-0.3, -0.25) is 0 Å². The van der Waals surface area contributed by atoms with Crippen molar-refractivity contribution < 1.29 is 9.47 Å². The van der Waals surface area contributed by atoms with Gasteiger partial charge in [-0.15, -0.1) is 0 Å². The van der Waals surface area contributed by atoms with Gasteiger partial charge in [-0.25, -0.2) is 4.98 Å². The first-order chi connectivity index (χ1) is 8.76. The van der Waals surface area contributed by atoms with E-state index in [-0.39, 0.29) is 6.04 Å². The largest absolute Gasteiger partial charge is 0.480 e. The number of nitrogens with two attached hydrogens (primary N) is 1. The van der Waals surface area contributed by atoms with Gasteiger partial charge >= 0.3 is 0 Å². The van der Waals surface area contributed by atoms with Gasteiger partial charge in [0.2, 0.25) is 11.8 Å². The Morgan fingerprint density at radius 2 is 2.00 bits per heavy atom. The molecule has 2 saturated carbocycles. The lowest BCUT2D eigenvalue weighted by atomic mass is 10.0. The summed E-state index contributed by atoms with van der Waals surface area (Å²) in [6.45, 7) is 0. The van der Waals surface area contributed by atoms with Gasteiger partial charge in [0.15, 0.2) is 0 Å². The van der Waals surface area contributed by atoms with Crippen LogP contribution in [0, 0.1) is 17.8 Å². The molecule has 98 valence electrons. The van der Waals surface area contributed by atoms with Crippen molar-refractivity contribution in [2.24, 2.45) is 23.5 Å². The number of hydrogen-bond acceptors (Lipinski definition) is 5. The zero-order valence-corrected chi connectivity index (χ0v) is 10.8. The van der Waals surface area contributed by atoms with E-state index in [2.05, 4.69) is 9.97 Å². The van der Waals surface area contributed by atoms with E-state index < -0.39 is 0 Å². The van der Waals surface area contributed by atoms with E-state index in [4.69, 9.17) is 15.2 Å². The zero-order valence-electron chi connectivity index (χ0n) is 10.8. The third-order valence-electron chi connectivity index (χ3n) is 4.35. The van der Waals surface area contributed by atoms with E-state index in [1.165, 1.54) is 19.3 Å². The SMILES string of the molecule is COc1cnc(C(N)C2C3CCCC32)c(OC)n1. The van der Waals surface area contributed by atoms with Crippen LogP contribution in [-0.4, -0.2) is 24.2 Å². The Balaban J connectivity index is 1.83. The Morgan fingerprint density at radius 3 is 2.61 bits per heavy atom. The maximum Gasteiger partial charge on any atom is 0.240 e. The fourth-order valence-corrected chi connectivity index (χ4v) is 3.44. The van der Waals surface area contributed by atoms with Gasteiger partial charge in [-0.1, -0.05) is 6.42 Å². The topological polar surface area (TPSA) is 70.3 Å². The predicted octanol–water partition coefficient (Wildman–Crippen LogP) is 1.54. The molecular weight excluding hydrogens is 230 g/mol. The Bertz CT molecular complexity index is 442. The van der Waals surface area contributed by atoms with Crippen LogP contribution >= 0.6 is 0 Å². The summed E-state index contributed by atoms with van der Waals surface area (Å²) in [7, 11) is 3.15. The Morgan fingerprint density at radius 1 is 1.28 bits per heavy atom. The molecule has 2 aliphatic carbocycles. The number of hydrogen-bond donors (Lipinski definition) is 1. The number of aromatic nitrogens is 2. The van der Waals surface area contributed by atoms with Gasteiger partial charge in [-0.2, -0.15) is 4.98 Å². The van der Waals surface area contributed by atoms with Crippen molar-refractivity contribution in [1.29, 1.82) is 0 Å². The van der Waals surface area contributed by atoms with Crippen LogP contribution in [0.5, 0.6) is 11.8 Å². The number of fused-ring (bicyclic) bond motifs is 1. The molecule has 1 aromatic heterocycles. The monoisotopic (exact) mass is 249 g/mol. The summed E-state index contributed by atoms with van der Waals surface area (Å²) in [6, 6.07) is -0.0614. The Hall–Kier alpha value is -1.36. The van der Waals surface area contributed by atoms with E-state index in [9.17, 15) is 0 Å². The lowest BCUT2D eigenvalue weighted by molar-refractivity contribution is 0.348. The smallest absolute Gasteiger partial charge is 0.240 e. The van der Waals surface area contributed by atoms with E-state index in [1.807, 2.05) is 0 Å². The predicted molar refractivity (Wildman–Crippen MR) is 66.4 cm³/mol. The minimum Gasteiger partial charge on any atom is -0.480 e. The highest BCUT2D eigenvalue weighted by molar-refractivity contribution is 5.28. The van der Waals surface area contributed by atoms with Crippen molar-refractivity contribution in [3.8, 4) is 11.8 Å². The molecule has 0 radical (unpaired) electrons. The normalized spacial score (nSPS) is 30.7. The first-order valence-electron chi connectivity index (χ1n) is 6.46. The summed E-state index contributed by atoms with van der Waals surface area (Å²) < 4.78 is 10.3. The summed E-state index contributed by atoms with van der Waals surface area (Å²) in [6.07, 6.45) is 5.59. The first-order valence-corrected chi connectivity index (χ1v) is 6.46. The number of nitrogens with zero attached hydrogens (tertiary/aromatic N) is 2. The van der Waals surface area contributed by atoms with E-state index >= 15 is 0 Å². The van der Waals surface area contributed by atoms with E-state index in [0.717, 1.165) is 17.5 Å². The lowest BCUT2D eigenvalue weighted by Gasteiger charge is -2.15. The van der Waals surface area contributed by atoms with Gasteiger partial charge in [0.05, 0.1) is 26.5 Å². The van der Waals surface area contributed by atoms with Gasteiger partial charge in [0.25, 0.3) is 0 Å². The second-order valence-electron chi connectivity index (χ2n) is 5.17. The van der Waals surface area contributed by atoms with Gasteiger partial charge in [0.1, 0.15) is 5.69 Å². The van der Waals surface area contributed by atoms with Crippen LogP contribution < -0.4 is 15.2 Å². The fraction of sp³-hybridized carbons (Fsp3) is 0.692. The highest BCUT2D eigenvalue weighted by Gasteiger charge is 2.56. The highest BCUT2D eigenvalue weighted by atomic mass is 16.5. The number of ether oxygens (including phenoxy) is 2. The number of rotatable bonds is 4. The molecule has 2 aliphatic rings. The summed E-state index contributed by atoms with van der Waals surface area (Å²) >= 11 is 0. The third kappa shape index (κ3) is 1.73. The molecule has 0 saturated heterocycles. The maximum absolute atomic E-state index is 6.34. The molecule has 18 heavy (non-hydrogen) atoms. The molecule has 0 spiro atoms. The molecule has 0 aromatic carbocycles. The molecule has 0 bridgehead atoms. The molecule has 3 atom stereocenters. The average Bonchev–Trinajstić information content (AvgIpc) is 2.89. The van der Waals surface area contributed by atoms with Crippen LogP contribution in [-0.2, 0) is 0 Å². The van der Waals surface area contributed by atoms with Crippen LogP contribution in [0.25, 0.3) is 0 Å². The van der Waals surface area contributed by atoms with Crippen LogP contribution in [0.15, 0.2) is 6.20 Å². The van der Waals surface area contributed by atoms with Gasteiger partial charge in [0, 0.05) is 0 Å². The van der Waals surface area contributed by atoms with Crippen molar-refractivity contribution >= 4 is 0 Å². The minimum atomic E-state index is -0.0614. The zero-order chi connectivity index (χ0) is 12.7. The number of methoxy groups -OCH3 is 2. The molecule has 3 rings (SSSR count). The molecule has 3 unspecified atom stereocenters. The van der Waals surface area contributed by atoms with Crippen molar-refractivity contribution in [2.45, 2.75) is 25.3 Å². The average molecular weight is 249 g/mol. The molecule has 1 heterocycles. The van der Waals surface area contributed by atoms with Crippen molar-refractivity contribution in [3.05, 3.63) is 11.9 Å². The summed E-state index contributed by atoms with van der Waals surface area (Å²) in [5, 5.41) is 0. The molecule has 2 N–H and O–H groups in total. The van der Waals surface area contributed by atoms with Gasteiger partial charge in [-0.05, 0) is 30.6 Å². The lowest BCUT2D eigenvalue weighted by Crippen LogP contribution is -2.18. The van der Waals surface area contributed by atoms with Crippen LogP contribution in [0.1, 0.15) is 31.0 Å². The second-order valence-corrected chi connectivity index (χ2v) is 5.17. The second kappa shape index (κ2) is 4.39. The van der Waals surface area contributed by atoms with E-state index in [0.29, 0.717) is 17.7 Å². The van der Waals surface area contributed by atoms with Crippen molar-refractivity contribution in [2.75, 3.05) is 14.2 Å². The van der Waals surface area contributed by atoms with Crippen LogP contribution in [0.3, 0.4) is 0 Å². The first kappa shape index (κ1) is 11.7. The van der Waals surface area contributed by atoms with Crippen LogP contribution in [0.4, 0.5) is 0 Å². The standard InChI is InChI=1S/C13H19N3O2/c1-17-9-6-15-12(13(16-9)18-2)11(14)10-7-4-3-5-8(7)10/h6-8,10-11H,3-5,14H2,1-2H3. The summed E-state index contributed by atoms with van der Waals surface area (Å²) in [5.41, 5.74) is 7.10. The highest BCUT2D eigenvalue weighted by Crippen LogP contribution is 2.61. The summed E-state index contributed by atoms with van der Waals surface area (Å²) in [4.78, 5) is 8.62. The maximum atomic E-state index is 6.34. The molecule has 5 nitrogen and oxygen atoms in total. The summed E-state index contributed by atoms with van der Waals surface area (Å²) in [5.74, 6) is 3.11. The third-order valence-corrected chi connectivity index (χ3v) is 4.35. The Kier molecular flexibility index (Phi) is 2.86. The Labute approximate surface area is 107 Å². The van der Waals surface area contributed by atoms with Crippen molar-refractivity contribution in [3.63, 3.8) is 0 Å². The quantitative estimate of drug-likeness (QED) is 0.876. The van der Waals surface area contributed by atoms with Crippen molar-refractivity contribution in [1.82, 2.24) is 9.97 Å². The molecule has 0 amide bonds. The van der Waals surface area contributed by atoms with Crippen LogP contribution in [0.2, 0.25) is 0 Å². The fourth-order valence-electron chi connectivity index (χ4n) is 3.44.